The molecule has 2 N–H and O–H groups in total. The first-order chi connectivity index (χ1) is 16.0. The Hall–Kier alpha value is -2.85. The molecule has 0 bridgehead atoms. The fraction of sp³-hybridized carbons (Fsp3) is 0.500. The van der Waals surface area contributed by atoms with Gasteiger partial charge in [-0.25, -0.2) is 17.9 Å². The highest BCUT2D eigenvalue weighted by Gasteiger charge is 2.28. The Balaban J connectivity index is 1.54. The Morgan fingerprint density at radius 3 is 2.26 bits per heavy atom. The van der Waals surface area contributed by atoms with Gasteiger partial charge in [0.05, 0.1) is 5.75 Å². The van der Waals surface area contributed by atoms with Crippen LogP contribution in [0.3, 0.4) is 0 Å². The molecule has 1 aliphatic heterocycles. The van der Waals surface area contributed by atoms with Crippen molar-refractivity contribution in [1.82, 2.24) is 19.5 Å². The fourth-order valence-corrected chi connectivity index (χ4v) is 4.65. The van der Waals surface area contributed by atoms with Gasteiger partial charge in [-0.3, -0.25) is 4.79 Å². The third-order valence-electron chi connectivity index (χ3n) is 5.66. The molecule has 3 rings (SSSR count). The van der Waals surface area contributed by atoms with Crippen molar-refractivity contribution in [2.75, 3.05) is 20.1 Å². The van der Waals surface area contributed by atoms with Crippen molar-refractivity contribution in [3.05, 3.63) is 59.4 Å². The molecule has 1 fully saturated rings. The Labute approximate surface area is 201 Å². The maximum atomic E-state index is 12.9. The number of carbonyl (C=O) groups excluding carboxylic acids is 2. The fourth-order valence-electron chi connectivity index (χ4n) is 3.88. The number of aromatic nitrogens is 1. The van der Waals surface area contributed by atoms with Crippen LogP contribution in [0.25, 0.3) is 0 Å². The van der Waals surface area contributed by atoms with Crippen molar-refractivity contribution in [2.24, 2.45) is 0 Å². The van der Waals surface area contributed by atoms with Crippen LogP contribution in [0.15, 0.2) is 42.6 Å². The number of piperidine rings is 1. The first-order valence-corrected chi connectivity index (χ1v) is 13.0. The van der Waals surface area contributed by atoms with E-state index in [2.05, 4.69) is 10.0 Å². The molecule has 0 atom stereocenters. The summed E-state index contributed by atoms with van der Waals surface area (Å²) in [5.74, 6) is -0.266. The maximum absolute atomic E-state index is 12.9. The quantitative estimate of drug-likeness (QED) is 0.620. The van der Waals surface area contributed by atoms with Crippen LogP contribution < -0.4 is 10.0 Å². The summed E-state index contributed by atoms with van der Waals surface area (Å²) in [6.07, 6.45) is 3.09. The highest BCUT2D eigenvalue weighted by molar-refractivity contribution is 7.88. The smallest absolute Gasteiger partial charge is 0.410 e. The van der Waals surface area contributed by atoms with Crippen LogP contribution in [0.1, 0.15) is 61.3 Å². The number of carbonyl (C=O) groups is 2. The first-order valence-electron chi connectivity index (χ1n) is 11.4. The van der Waals surface area contributed by atoms with E-state index in [1.54, 1.807) is 23.1 Å². The van der Waals surface area contributed by atoms with Crippen molar-refractivity contribution in [2.45, 2.75) is 57.6 Å². The largest absolute Gasteiger partial charge is 0.444 e. The third-order valence-corrected chi connectivity index (χ3v) is 7.00. The zero-order valence-corrected chi connectivity index (χ0v) is 21.0. The summed E-state index contributed by atoms with van der Waals surface area (Å²) in [6, 6.07) is 10.9. The van der Waals surface area contributed by atoms with E-state index in [-0.39, 0.29) is 23.8 Å². The Morgan fingerprint density at radius 2 is 1.68 bits per heavy atom. The van der Waals surface area contributed by atoms with Gasteiger partial charge in [-0.05, 0) is 63.9 Å². The number of amides is 2. The molecular weight excluding hydrogens is 456 g/mol. The van der Waals surface area contributed by atoms with Gasteiger partial charge < -0.3 is 19.5 Å². The minimum atomic E-state index is -3.32. The van der Waals surface area contributed by atoms with Crippen molar-refractivity contribution in [3.63, 3.8) is 0 Å². The molecular formula is C24H34N4O5S. The van der Waals surface area contributed by atoms with E-state index in [9.17, 15) is 18.0 Å². The van der Waals surface area contributed by atoms with E-state index in [1.165, 1.54) is 7.05 Å². The number of rotatable bonds is 7. The molecule has 1 saturated heterocycles. The molecule has 1 aromatic heterocycles. The second kappa shape index (κ2) is 10.6. The van der Waals surface area contributed by atoms with Gasteiger partial charge in [-0.1, -0.05) is 24.3 Å². The average molecular weight is 491 g/mol. The van der Waals surface area contributed by atoms with Crippen LogP contribution in [-0.4, -0.2) is 55.6 Å². The van der Waals surface area contributed by atoms with E-state index < -0.39 is 15.6 Å². The monoisotopic (exact) mass is 490 g/mol. The van der Waals surface area contributed by atoms with Gasteiger partial charge in [0.1, 0.15) is 11.3 Å². The molecule has 0 saturated carbocycles. The number of nitrogens with zero attached hydrogens (tertiary/aromatic N) is 2. The minimum Gasteiger partial charge on any atom is -0.444 e. The van der Waals surface area contributed by atoms with Gasteiger partial charge in [0, 0.05) is 31.9 Å². The SMILES string of the molecule is CNS(=O)(=O)Cc1ccc(CNC(=O)c2cccn2C2CCN(C(=O)OC(C)(C)C)CC2)cc1. The summed E-state index contributed by atoms with van der Waals surface area (Å²) in [7, 11) is -1.94. The topological polar surface area (TPSA) is 110 Å². The van der Waals surface area contributed by atoms with Crippen LogP contribution in [0.2, 0.25) is 0 Å². The van der Waals surface area contributed by atoms with Crippen molar-refractivity contribution < 1.29 is 22.7 Å². The number of likely N-dealkylation sites (tertiary alicyclic amines) is 1. The van der Waals surface area contributed by atoms with E-state index in [0.717, 1.165) is 18.4 Å². The molecule has 0 spiro atoms. The molecule has 34 heavy (non-hydrogen) atoms. The Morgan fingerprint density at radius 1 is 1.06 bits per heavy atom. The van der Waals surface area contributed by atoms with E-state index in [4.69, 9.17) is 4.74 Å². The molecule has 0 aliphatic carbocycles. The van der Waals surface area contributed by atoms with Crippen molar-refractivity contribution in [3.8, 4) is 0 Å². The predicted molar refractivity (Wildman–Crippen MR) is 130 cm³/mol. The van der Waals surface area contributed by atoms with Gasteiger partial charge in [-0.2, -0.15) is 0 Å². The lowest BCUT2D eigenvalue weighted by atomic mass is 10.0. The normalized spacial score (nSPS) is 15.2. The van der Waals surface area contributed by atoms with Crippen LogP contribution in [0.4, 0.5) is 4.79 Å². The van der Waals surface area contributed by atoms with E-state index in [1.807, 2.05) is 49.7 Å². The highest BCUT2D eigenvalue weighted by Crippen LogP contribution is 2.26. The number of hydrogen-bond donors (Lipinski definition) is 2. The molecule has 1 aliphatic rings. The van der Waals surface area contributed by atoms with Crippen LogP contribution >= 0.6 is 0 Å². The zero-order valence-electron chi connectivity index (χ0n) is 20.2. The molecule has 0 unspecified atom stereocenters. The molecule has 9 nitrogen and oxygen atoms in total. The molecule has 2 amide bonds. The number of nitrogens with one attached hydrogen (secondary N) is 2. The summed E-state index contributed by atoms with van der Waals surface area (Å²) >= 11 is 0. The number of sulfonamides is 1. The lowest BCUT2D eigenvalue weighted by Gasteiger charge is -2.34. The van der Waals surface area contributed by atoms with Gasteiger partial charge >= 0.3 is 6.09 Å². The lowest BCUT2D eigenvalue weighted by molar-refractivity contribution is 0.0187. The van der Waals surface area contributed by atoms with Crippen LogP contribution in [0.5, 0.6) is 0 Å². The highest BCUT2D eigenvalue weighted by atomic mass is 32.2. The zero-order chi connectivity index (χ0) is 24.9. The van der Waals surface area contributed by atoms with Gasteiger partial charge in [0.25, 0.3) is 5.91 Å². The molecule has 2 heterocycles. The average Bonchev–Trinajstić information content (AvgIpc) is 3.27. The summed E-state index contributed by atoms with van der Waals surface area (Å²) in [6.45, 7) is 7.05. The van der Waals surface area contributed by atoms with Gasteiger partial charge in [0.15, 0.2) is 0 Å². The van der Waals surface area contributed by atoms with Gasteiger partial charge in [0.2, 0.25) is 10.0 Å². The second-order valence-electron chi connectivity index (χ2n) is 9.46. The third kappa shape index (κ3) is 7.07. The minimum absolute atomic E-state index is 0.0869. The van der Waals surface area contributed by atoms with Crippen molar-refractivity contribution in [1.29, 1.82) is 0 Å². The lowest BCUT2D eigenvalue weighted by Crippen LogP contribution is -2.42. The standard InChI is InChI=1S/C24H34N4O5S/c1-24(2,3)33-23(30)27-14-11-20(12-15-27)28-13-5-6-21(28)22(29)26-16-18-7-9-19(10-8-18)17-34(31,32)25-4/h5-10,13,20,25H,11-12,14-17H2,1-4H3,(H,26,29). The summed E-state index contributed by atoms with van der Waals surface area (Å²) < 4.78 is 33.1. The van der Waals surface area contributed by atoms with Crippen molar-refractivity contribution >= 4 is 22.0 Å². The van der Waals surface area contributed by atoms with E-state index >= 15 is 0 Å². The van der Waals surface area contributed by atoms with Crippen LogP contribution in [-0.2, 0) is 27.1 Å². The van der Waals surface area contributed by atoms with E-state index in [0.29, 0.717) is 30.9 Å². The summed E-state index contributed by atoms with van der Waals surface area (Å²) in [5, 5.41) is 2.94. The molecule has 1 aromatic carbocycles. The molecule has 2 aromatic rings. The Bertz CT molecular complexity index is 1100. The maximum Gasteiger partial charge on any atom is 0.410 e. The number of ether oxygens (including phenoxy) is 1. The number of benzene rings is 1. The number of hydrogen-bond acceptors (Lipinski definition) is 5. The molecule has 0 radical (unpaired) electrons. The second-order valence-corrected chi connectivity index (χ2v) is 11.4. The molecule has 10 heteroatoms. The van der Waals surface area contributed by atoms with Gasteiger partial charge in [-0.15, -0.1) is 0 Å². The van der Waals surface area contributed by atoms with Crippen LogP contribution in [0, 0.1) is 0 Å². The first kappa shape index (κ1) is 25.8. The predicted octanol–water partition coefficient (Wildman–Crippen LogP) is 3.04. The summed E-state index contributed by atoms with van der Waals surface area (Å²) in [4.78, 5) is 26.9. The molecule has 186 valence electrons. The summed E-state index contributed by atoms with van der Waals surface area (Å²) in [5.41, 5.74) is 1.61. The Kier molecular flexibility index (Phi) is 8.04.